The van der Waals surface area contributed by atoms with Crippen molar-refractivity contribution in [2.24, 2.45) is 0 Å². The van der Waals surface area contributed by atoms with Crippen molar-refractivity contribution in [1.29, 1.82) is 0 Å². The Kier molecular flexibility index (Phi) is 0.741. The standard InChI is InChI=1S/C6H6O4/c7-3-2-1-8-6(9-2)5-4(3)10-5/h2,4-6H,1H2/t2-,4-,5-,6?/m1/s1. The number of ketones is 1. The number of carbonyl (C=O) groups excluding carboxylic acids is 1. The Labute approximate surface area is 57.0 Å². The molecular formula is C6H6O4. The molecule has 3 saturated heterocycles. The Morgan fingerprint density at radius 1 is 1.40 bits per heavy atom. The van der Waals surface area contributed by atoms with E-state index in [-0.39, 0.29) is 30.4 Å². The molecule has 0 radical (unpaired) electrons. The van der Waals surface area contributed by atoms with E-state index in [0.717, 1.165) is 0 Å². The third-order valence-corrected chi connectivity index (χ3v) is 2.10. The van der Waals surface area contributed by atoms with Gasteiger partial charge >= 0.3 is 0 Å². The van der Waals surface area contributed by atoms with Crippen LogP contribution in [0.15, 0.2) is 0 Å². The normalized spacial score (nSPS) is 56.6. The molecule has 1 unspecified atom stereocenters. The van der Waals surface area contributed by atoms with E-state index in [0.29, 0.717) is 6.61 Å². The highest BCUT2D eigenvalue weighted by molar-refractivity contribution is 5.91. The second-order valence-corrected chi connectivity index (χ2v) is 2.75. The van der Waals surface area contributed by atoms with Crippen LogP contribution in [0.4, 0.5) is 0 Å². The molecule has 0 aromatic carbocycles. The first-order valence-electron chi connectivity index (χ1n) is 3.32. The van der Waals surface area contributed by atoms with E-state index in [1.165, 1.54) is 0 Å². The van der Waals surface area contributed by atoms with Gasteiger partial charge in [0.25, 0.3) is 0 Å². The summed E-state index contributed by atoms with van der Waals surface area (Å²) in [6.07, 6.45) is -0.890. The number of rotatable bonds is 0. The van der Waals surface area contributed by atoms with Crippen LogP contribution in [0.1, 0.15) is 0 Å². The molecule has 0 aromatic rings. The van der Waals surface area contributed by atoms with Crippen molar-refractivity contribution in [3.63, 3.8) is 0 Å². The topological polar surface area (TPSA) is 48.1 Å². The lowest BCUT2D eigenvalue weighted by molar-refractivity contribution is -0.136. The third-order valence-electron chi connectivity index (χ3n) is 2.10. The fourth-order valence-corrected chi connectivity index (χ4v) is 1.49. The van der Waals surface area contributed by atoms with Crippen molar-refractivity contribution in [1.82, 2.24) is 0 Å². The van der Waals surface area contributed by atoms with Gasteiger partial charge in [0.05, 0.1) is 6.61 Å². The average molecular weight is 142 g/mol. The number of ether oxygens (including phenoxy) is 3. The summed E-state index contributed by atoms with van der Waals surface area (Å²) in [6, 6.07) is 0. The van der Waals surface area contributed by atoms with Crippen molar-refractivity contribution in [2.45, 2.75) is 24.6 Å². The van der Waals surface area contributed by atoms with Crippen LogP contribution < -0.4 is 0 Å². The summed E-state index contributed by atoms with van der Waals surface area (Å²) in [4.78, 5) is 11.1. The monoisotopic (exact) mass is 142 g/mol. The molecular weight excluding hydrogens is 136 g/mol. The van der Waals surface area contributed by atoms with E-state index in [2.05, 4.69) is 0 Å². The van der Waals surface area contributed by atoms with Gasteiger partial charge in [-0.3, -0.25) is 4.79 Å². The smallest absolute Gasteiger partial charge is 0.195 e. The second-order valence-electron chi connectivity index (χ2n) is 2.75. The van der Waals surface area contributed by atoms with Gasteiger partial charge < -0.3 is 14.2 Å². The fraction of sp³-hybridized carbons (Fsp3) is 0.833. The predicted molar refractivity (Wildman–Crippen MR) is 28.3 cm³/mol. The average Bonchev–Trinajstić information content (AvgIpc) is 2.61. The summed E-state index contributed by atoms with van der Waals surface area (Å²) in [5.41, 5.74) is 0. The molecule has 0 aromatic heterocycles. The largest absolute Gasteiger partial charge is 0.356 e. The molecule has 54 valence electrons. The molecule has 0 saturated carbocycles. The molecule has 0 N–H and O–H groups in total. The Morgan fingerprint density at radius 3 is 3.20 bits per heavy atom. The molecule has 4 nitrogen and oxygen atoms in total. The molecule has 0 spiro atoms. The summed E-state index contributed by atoms with van der Waals surface area (Å²) in [6.45, 7) is 0.417. The van der Waals surface area contributed by atoms with Gasteiger partial charge in [-0.2, -0.15) is 0 Å². The van der Waals surface area contributed by atoms with E-state index in [9.17, 15) is 4.79 Å². The van der Waals surface area contributed by atoms with Gasteiger partial charge in [-0.15, -0.1) is 0 Å². The number of hydrogen-bond donors (Lipinski definition) is 0. The molecule has 2 bridgehead atoms. The van der Waals surface area contributed by atoms with E-state index in [1.54, 1.807) is 0 Å². The number of Topliss-reactive ketones (excluding diaryl/α,β-unsaturated/α-hetero) is 1. The Bertz CT molecular complexity index is 202. The minimum Gasteiger partial charge on any atom is -0.356 e. The summed E-state index contributed by atoms with van der Waals surface area (Å²) in [5, 5.41) is 0. The molecule has 3 heterocycles. The summed E-state index contributed by atoms with van der Waals surface area (Å²) < 4.78 is 15.3. The quantitative estimate of drug-likeness (QED) is 0.410. The van der Waals surface area contributed by atoms with E-state index in [1.807, 2.05) is 0 Å². The van der Waals surface area contributed by atoms with Crippen LogP contribution in [0.25, 0.3) is 0 Å². The van der Waals surface area contributed by atoms with E-state index < -0.39 is 0 Å². The van der Waals surface area contributed by atoms with Gasteiger partial charge in [0.15, 0.2) is 18.2 Å². The van der Waals surface area contributed by atoms with Gasteiger partial charge in [-0.1, -0.05) is 0 Å². The lowest BCUT2D eigenvalue weighted by atomic mass is 10.1. The summed E-state index contributed by atoms with van der Waals surface area (Å²) in [5.74, 6) is 0.0544. The molecule has 10 heavy (non-hydrogen) atoms. The van der Waals surface area contributed by atoms with Crippen LogP contribution in [0.5, 0.6) is 0 Å². The lowest BCUT2D eigenvalue weighted by Gasteiger charge is -2.11. The van der Waals surface area contributed by atoms with E-state index >= 15 is 0 Å². The number of epoxide rings is 1. The van der Waals surface area contributed by atoms with Gasteiger partial charge in [0.2, 0.25) is 0 Å². The Morgan fingerprint density at radius 2 is 2.30 bits per heavy atom. The minimum absolute atomic E-state index is 0.0544. The maximum atomic E-state index is 11.1. The lowest BCUT2D eigenvalue weighted by Crippen LogP contribution is -2.35. The van der Waals surface area contributed by atoms with Crippen LogP contribution in [0.2, 0.25) is 0 Å². The highest BCUT2D eigenvalue weighted by Crippen LogP contribution is 2.38. The molecule has 4 heteroatoms. The maximum Gasteiger partial charge on any atom is 0.195 e. The van der Waals surface area contributed by atoms with Gasteiger partial charge in [0.1, 0.15) is 12.2 Å². The zero-order valence-electron chi connectivity index (χ0n) is 5.15. The zero-order chi connectivity index (χ0) is 6.72. The van der Waals surface area contributed by atoms with Crippen LogP contribution in [-0.4, -0.2) is 37.0 Å². The van der Waals surface area contributed by atoms with Crippen molar-refractivity contribution < 1.29 is 19.0 Å². The van der Waals surface area contributed by atoms with Gasteiger partial charge in [-0.25, -0.2) is 0 Å². The Balaban J connectivity index is 1.98. The van der Waals surface area contributed by atoms with Crippen molar-refractivity contribution >= 4 is 5.78 Å². The third kappa shape index (κ3) is 0.460. The zero-order valence-corrected chi connectivity index (χ0v) is 5.15. The minimum atomic E-state index is -0.339. The first-order chi connectivity index (χ1) is 4.86. The van der Waals surface area contributed by atoms with Crippen LogP contribution in [0.3, 0.4) is 0 Å². The molecule has 3 fully saturated rings. The molecule has 3 aliphatic rings. The molecule has 0 aliphatic carbocycles. The first-order valence-corrected chi connectivity index (χ1v) is 3.32. The first kappa shape index (κ1) is 5.23. The summed E-state index contributed by atoms with van der Waals surface area (Å²) in [7, 11) is 0. The second kappa shape index (κ2) is 1.42. The highest BCUT2D eigenvalue weighted by Gasteiger charge is 2.61. The number of carbonyl (C=O) groups is 1. The molecule has 4 atom stereocenters. The summed E-state index contributed by atoms with van der Waals surface area (Å²) >= 11 is 0. The SMILES string of the molecule is O=C1[C@H]2O[C@H]2C2OC[C@H]1O2. The van der Waals surface area contributed by atoms with Crippen LogP contribution in [-0.2, 0) is 19.0 Å². The molecule has 3 aliphatic heterocycles. The highest BCUT2D eigenvalue weighted by atomic mass is 16.8. The number of fused-ring (bicyclic) bond motifs is 4. The van der Waals surface area contributed by atoms with Crippen molar-refractivity contribution in [3.05, 3.63) is 0 Å². The Hall–Kier alpha value is -0.450. The molecule has 3 rings (SSSR count). The molecule has 0 amide bonds. The predicted octanol–water partition coefficient (Wildman–Crippen LogP) is -0.922. The van der Waals surface area contributed by atoms with Crippen LogP contribution >= 0.6 is 0 Å². The van der Waals surface area contributed by atoms with E-state index in [4.69, 9.17) is 14.2 Å². The van der Waals surface area contributed by atoms with Crippen molar-refractivity contribution in [3.8, 4) is 0 Å². The number of hydrogen-bond acceptors (Lipinski definition) is 4. The van der Waals surface area contributed by atoms with Crippen molar-refractivity contribution in [2.75, 3.05) is 6.61 Å². The van der Waals surface area contributed by atoms with Gasteiger partial charge in [-0.05, 0) is 0 Å². The maximum absolute atomic E-state index is 11.1. The van der Waals surface area contributed by atoms with Gasteiger partial charge in [0, 0.05) is 0 Å². The fourth-order valence-electron chi connectivity index (χ4n) is 1.49. The van der Waals surface area contributed by atoms with Crippen LogP contribution in [0, 0.1) is 0 Å².